The Morgan fingerprint density at radius 2 is 2.00 bits per heavy atom. The van der Waals surface area contributed by atoms with Gasteiger partial charge in [-0.1, -0.05) is 11.6 Å². The highest BCUT2D eigenvalue weighted by Gasteiger charge is 2.31. The molecule has 8 heteroatoms. The second kappa shape index (κ2) is 8.89. The molecule has 2 aliphatic heterocycles. The lowest BCUT2D eigenvalue weighted by Gasteiger charge is -2.32. The Hall–Kier alpha value is -0.590. The van der Waals surface area contributed by atoms with Gasteiger partial charge in [-0.05, 0) is 12.5 Å². The van der Waals surface area contributed by atoms with Gasteiger partial charge in [-0.3, -0.25) is 14.7 Å². The third-order valence-corrected chi connectivity index (χ3v) is 4.42. The molecular formula is C14H21Cl3N4O. The van der Waals surface area contributed by atoms with E-state index in [0.29, 0.717) is 16.6 Å². The predicted molar refractivity (Wildman–Crippen MR) is 92.5 cm³/mol. The minimum atomic E-state index is 0. The Morgan fingerprint density at radius 3 is 2.68 bits per heavy atom. The Morgan fingerprint density at radius 1 is 1.27 bits per heavy atom. The molecule has 1 unspecified atom stereocenters. The number of nitrogens with zero attached hydrogens (tertiary/aromatic N) is 3. The highest BCUT2D eigenvalue weighted by molar-refractivity contribution is 6.33. The Bertz CT molecular complexity index is 497. The van der Waals surface area contributed by atoms with Gasteiger partial charge in [-0.15, -0.1) is 24.8 Å². The topological polar surface area (TPSA) is 48.5 Å². The fraction of sp³-hybridized carbons (Fsp3) is 0.571. The van der Waals surface area contributed by atoms with Gasteiger partial charge in [0.2, 0.25) is 0 Å². The second-order valence-corrected chi connectivity index (χ2v) is 5.74. The first-order valence-electron chi connectivity index (χ1n) is 7.09. The molecule has 0 aromatic carbocycles. The lowest BCUT2D eigenvalue weighted by molar-refractivity contribution is 0.0773. The van der Waals surface area contributed by atoms with Crippen molar-refractivity contribution in [2.75, 3.05) is 39.3 Å². The number of aromatic nitrogens is 1. The molecule has 2 fully saturated rings. The molecule has 0 bridgehead atoms. The Balaban J connectivity index is 0.00000121. The smallest absolute Gasteiger partial charge is 0.255 e. The van der Waals surface area contributed by atoms with Gasteiger partial charge in [-0.2, -0.15) is 0 Å². The molecule has 5 nitrogen and oxygen atoms in total. The van der Waals surface area contributed by atoms with Crippen LogP contribution in [0.4, 0.5) is 0 Å². The van der Waals surface area contributed by atoms with Crippen molar-refractivity contribution < 1.29 is 4.79 Å². The average molecular weight is 368 g/mol. The number of carbonyl (C=O) groups is 1. The molecular weight excluding hydrogens is 347 g/mol. The molecule has 2 saturated heterocycles. The van der Waals surface area contributed by atoms with E-state index in [4.69, 9.17) is 11.6 Å². The number of amides is 1. The fourth-order valence-corrected chi connectivity index (χ4v) is 3.19. The van der Waals surface area contributed by atoms with Crippen molar-refractivity contribution in [2.24, 2.45) is 0 Å². The number of piperazine rings is 1. The van der Waals surface area contributed by atoms with E-state index in [0.717, 1.165) is 45.7 Å². The van der Waals surface area contributed by atoms with Crippen molar-refractivity contribution in [3.63, 3.8) is 0 Å². The molecule has 2 aliphatic rings. The highest BCUT2D eigenvalue weighted by atomic mass is 35.5. The number of hydrogen-bond acceptors (Lipinski definition) is 4. The summed E-state index contributed by atoms with van der Waals surface area (Å²) < 4.78 is 0. The van der Waals surface area contributed by atoms with Crippen LogP contribution in [0.15, 0.2) is 18.5 Å². The van der Waals surface area contributed by atoms with Crippen LogP contribution in [-0.2, 0) is 0 Å². The van der Waals surface area contributed by atoms with E-state index in [9.17, 15) is 4.79 Å². The zero-order valence-electron chi connectivity index (χ0n) is 12.2. The molecule has 1 amide bonds. The number of pyridine rings is 1. The lowest BCUT2D eigenvalue weighted by Crippen LogP contribution is -2.49. The zero-order valence-corrected chi connectivity index (χ0v) is 14.6. The molecule has 1 aromatic rings. The van der Waals surface area contributed by atoms with Gasteiger partial charge in [0, 0.05) is 57.7 Å². The number of hydrogen-bond donors (Lipinski definition) is 1. The highest BCUT2D eigenvalue weighted by Crippen LogP contribution is 2.21. The van der Waals surface area contributed by atoms with Gasteiger partial charge < -0.3 is 10.2 Å². The summed E-state index contributed by atoms with van der Waals surface area (Å²) in [6, 6.07) is 2.18. The van der Waals surface area contributed by atoms with E-state index < -0.39 is 0 Å². The summed E-state index contributed by atoms with van der Waals surface area (Å²) in [6.45, 7) is 5.84. The molecule has 0 saturated carbocycles. The van der Waals surface area contributed by atoms with Crippen LogP contribution in [0.5, 0.6) is 0 Å². The van der Waals surface area contributed by atoms with Crippen molar-refractivity contribution in [1.29, 1.82) is 0 Å². The molecule has 0 spiro atoms. The molecule has 1 aromatic heterocycles. The van der Waals surface area contributed by atoms with Crippen LogP contribution >= 0.6 is 36.4 Å². The Kier molecular flexibility index (Phi) is 7.86. The largest absolute Gasteiger partial charge is 0.337 e. The maximum atomic E-state index is 12.5. The zero-order chi connectivity index (χ0) is 13.9. The van der Waals surface area contributed by atoms with Crippen molar-refractivity contribution in [2.45, 2.75) is 12.5 Å². The third kappa shape index (κ3) is 4.24. The van der Waals surface area contributed by atoms with Crippen LogP contribution in [-0.4, -0.2) is 66.0 Å². The molecule has 0 aliphatic carbocycles. The van der Waals surface area contributed by atoms with Crippen LogP contribution in [0.1, 0.15) is 16.8 Å². The van der Waals surface area contributed by atoms with Crippen LogP contribution < -0.4 is 5.32 Å². The molecule has 3 heterocycles. The van der Waals surface area contributed by atoms with E-state index in [1.54, 1.807) is 12.3 Å². The summed E-state index contributed by atoms with van der Waals surface area (Å²) >= 11 is 6.05. The maximum Gasteiger partial charge on any atom is 0.255 e. The van der Waals surface area contributed by atoms with Gasteiger partial charge >= 0.3 is 0 Å². The molecule has 3 rings (SSSR count). The second-order valence-electron chi connectivity index (χ2n) is 5.34. The summed E-state index contributed by atoms with van der Waals surface area (Å²) in [6.07, 6.45) is 4.19. The van der Waals surface area contributed by atoms with Crippen molar-refractivity contribution in [3.8, 4) is 0 Å². The van der Waals surface area contributed by atoms with Crippen LogP contribution in [0, 0.1) is 0 Å². The lowest BCUT2D eigenvalue weighted by atomic mass is 10.2. The first kappa shape index (κ1) is 19.5. The molecule has 1 atom stereocenters. The summed E-state index contributed by atoms with van der Waals surface area (Å²) in [5, 5.41) is 3.79. The van der Waals surface area contributed by atoms with Crippen molar-refractivity contribution in [1.82, 2.24) is 20.1 Å². The minimum Gasteiger partial charge on any atom is -0.337 e. The predicted octanol–water partition coefficient (Wildman–Crippen LogP) is 1.70. The number of likely N-dealkylation sites (tertiary alicyclic amines) is 1. The summed E-state index contributed by atoms with van der Waals surface area (Å²) in [7, 11) is 0. The van der Waals surface area contributed by atoms with Gasteiger partial charge in [-0.25, -0.2) is 0 Å². The monoisotopic (exact) mass is 366 g/mol. The van der Waals surface area contributed by atoms with Gasteiger partial charge in [0.05, 0.1) is 10.6 Å². The molecule has 1 N–H and O–H groups in total. The molecule has 22 heavy (non-hydrogen) atoms. The third-order valence-electron chi connectivity index (χ3n) is 4.12. The maximum absolute atomic E-state index is 12.5. The standard InChI is InChI=1S/C14H19ClN4O.2ClH/c15-13-9-17-3-1-12(13)14(20)19-6-2-11(10-19)18-7-4-16-5-8-18;;/h1,3,9,11,16H,2,4-8,10H2;2*1H. The van der Waals surface area contributed by atoms with E-state index in [2.05, 4.69) is 15.2 Å². The van der Waals surface area contributed by atoms with Gasteiger partial charge in [0.15, 0.2) is 0 Å². The van der Waals surface area contributed by atoms with Crippen molar-refractivity contribution in [3.05, 3.63) is 29.0 Å². The summed E-state index contributed by atoms with van der Waals surface area (Å²) in [5.74, 6) is 0.0232. The normalized spacial score (nSPS) is 21.9. The minimum absolute atomic E-state index is 0. The first-order valence-corrected chi connectivity index (χ1v) is 7.47. The summed E-state index contributed by atoms with van der Waals surface area (Å²) in [5.41, 5.74) is 0.558. The van der Waals surface area contributed by atoms with Crippen LogP contribution in [0.2, 0.25) is 5.02 Å². The average Bonchev–Trinajstić information content (AvgIpc) is 2.98. The van der Waals surface area contributed by atoms with E-state index in [1.807, 2.05) is 4.90 Å². The van der Waals surface area contributed by atoms with Gasteiger partial charge in [0.25, 0.3) is 5.91 Å². The molecule has 0 radical (unpaired) electrons. The van der Waals surface area contributed by atoms with Crippen LogP contribution in [0.3, 0.4) is 0 Å². The number of carbonyl (C=O) groups excluding carboxylic acids is 1. The Labute approximate surface area is 148 Å². The van der Waals surface area contributed by atoms with E-state index in [-0.39, 0.29) is 30.7 Å². The number of rotatable bonds is 2. The summed E-state index contributed by atoms with van der Waals surface area (Å²) in [4.78, 5) is 20.8. The molecule has 124 valence electrons. The first-order chi connectivity index (χ1) is 9.75. The fourth-order valence-electron chi connectivity index (χ4n) is 2.99. The van der Waals surface area contributed by atoms with E-state index >= 15 is 0 Å². The number of nitrogens with one attached hydrogen (secondary N) is 1. The SMILES string of the molecule is Cl.Cl.O=C(c1ccncc1Cl)N1CCC(N2CCNCC2)C1. The van der Waals surface area contributed by atoms with Crippen LogP contribution in [0.25, 0.3) is 0 Å². The number of halogens is 3. The van der Waals surface area contributed by atoms with Crippen molar-refractivity contribution >= 4 is 42.3 Å². The van der Waals surface area contributed by atoms with E-state index in [1.165, 1.54) is 6.20 Å². The quantitative estimate of drug-likeness (QED) is 0.864. The van der Waals surface area contributed by atoms with Gasteiger partial charge in [0.1, 0.15) is 0 Å².